The molecular weight excluding hydrogens is 375 g/mol. The van der Waals surface area contributed by atoms with Gasteiger partial charge in [0.25, 0.3) is 0 Å². The maximum atomic E-state index is 13.6. The van der Waals surface area contributed by atoms with Crippen LogP contribution in [-0.2, 0) is 19.2 Å². The normalized spacial score (nSPS) is 11.7. The predicted octanol–water partition coefficient (Wildman–Crippen LogP) is 6.13. The Morgan fingerprint density at radius 2 is 1.96 bits per heavy atom. The molecule has 1 N–H and O–H groups in total. The summed E-state index contributed by atoms with van der Waals surface area (Å²) in [6.07, 6.45) is -4.55. The SMILES string of the molecule is C=C(O)Cc1csc2cc(OCc3ccc(C)nc3C)cc(C(F)(F)F)c12. The number of aromatic nitrogens is 1. The van der Waals surface area contributed by atoms with Gasteiger partial charge in [-0.25, -0.2) is 0 Å². The first-order chi connectivity index (χ1) is 12.6. The number of thiophene rings is 1. The number of hydrogen-bond donors (Lipinski definition) is 1. The zero-order valence-electron chi connectivity index (χ0n) is 14.9. The quantitative estimate of drug-likeness (QED) is 0.531. The van der Waals surface area contributed by atoms with E-state index in [1.54, 1.807) is 11.4 Å². The zero-order valence-corrected chi connectivity index (χ0v) is 15.7. The number of ether oxygens (including phenoxy) is 1. The summed E-state index contributed by atoms with van der Waals surface area (Å²) in [6, 6.07) is 6.30. The summed E-state index contributed by atoms with van der Waals surface area (Å²) in [5.41, 5.74) is 2.10. The van der Waals surface area contributed by atoms with Gasteiger partial charge < -0.3 is 9.84 Å². The molecule has 0 saturated carbocycles. The Balaban J connectivity index is 1.98. The van der Waals surface area contributed by atoms with E-state index in [4.69, 9.17) is 4.74 Å². The van der Waals surface area contributed by atoms with Gasteiger partial charge in [-0.1, -0.05) is 12.6 Å². The number of aliphatic hydroxyl groups is 1. The van der Waals surface area contributed by atoms with Gasteiger partial charge in [-0.05, 0) is 43.0 Å². The molecule has 0 aliphatic heterocycles. The van der Waals surface area contributed by atoms with Crippen LogP contribution in [0.5, 0.6) is 5.75 Å². The van der Waals surface area contributed by atoms with Crippen LogP contribution < -0.4 is 4.74 Å². The van der Waals surface area contributed by atoms with Crippen molar-refractivity contribution in [2.75, 3.05) is 0 Å². The van der Waals surface area contributed by atoms with Gasteiger partial charge in [-0.2, -0.15) is 13.2 Å². The molecule has 7 heteroatoms. The summed E-state index contributed by atoms with van der Waals surface area (Å²) in [6.45, 7) is 7.21. The Bertz CT molecular complexity index is 1010. The van der Waals surface area contributed by atoms with E-state index in [1.807, 2.05) is 26.0 Å². The number of allylic oxidation sites excluding steroid dienone is 1. The summed E-state index contributed by atoms with van der Waals surface area (Å²) in [5.74, 6) is -0.0310. The molecule has 2 aromatic heterocycles. The molecule has 142 valence electrons. The third-order valence-corrected chi connectivity index (χ3v) is 5.13. The third-order valence-electron chi connectivity index (χ3n) is 4.15. The van der Waals surface area contributed by atoms with Gasteiger partial charge >= 0.3 is 6.18 Å². The molecule has 0 radical (unpaired) electrons. The fourth-order valence-electron chi connectivity index (χ4n) is 2.89. The van der Waals surface area contributed by atoms with Gasteiger partial charge in [0.1, 0.15) is 12.4 Å². The predicted molar refractivity (Wildman–Crippen MR) is 100 cm³/mol. The summed E-state index contributed by atoms with van der Waals surface area (Å²) in [7, 11) is 0. The number of aryl methyl sites for hydroxylation is 2. The van der Waals surface area contributed by atoms with Crippen LogP contribution >= 0.6 is 11.3 Å². The summed E-state index contributed by atoms with van der Waals surface area (Å²) >= 11 is 1.18. The van der Waals surface area contributed by atoms with Crippen molar-refractivity contribution in [3.05, 3.63) is 70.1 Å². The molecule has 3 rings (SSSR count). The van der Waals surface area contributed by atoms with Crippen molar-refractivity contribution >= 4 is 21.4 Å². The molecule has 27 heavy (non-hydrogen) atoms. The van der Waals surface area contributed by atoms with Crippen molar-refractivity contribution in [3.63, 3.8) is 0 Å². The largest absolute Gasteiger partial charge is 0.513 e. The van der Waals surface area contributed by atoms with Crippen LogP contribution in [-0.4, -0.2) is 10.1 Å². The number of fused-ring (bicyclic) bond motifs is 1. The topological polar surface area (TPSA) is 42.4 Å². The fourth-order valence-corrected chi connectivity index (χ4v) is 3.91. The maximum absolute atomic E-state index is 13.6. The zero-order chi connectivity index (χ0) is 19.8. The number of rotatable bonds is 5. The second-order valence-corrected chi connectivity index (χ2v) is 7.24. The van der Waals surface area contributed by atoms with Gasteiger partial charge in [0.15, 0.2) is 0 Å². The highest BCUT2D eigenvalue weighted by molar-refractivity contribution is 7.17. The van der Waals surface area contributed by atoms with E-state index < -0.39 is 11.7 Å². The highest BCUT2D eigenvalue weighted by Gasteiger charge is 2.34. The lowest BCUT2D eigenvalue weighted by atomic mass is 10.0. The maximum Gasteiger partial charge on any atom is 0.417 e. The van der Waals surface area contributed by atoms with Crippen LogP contribution in [0.25, 0.3) is 10.1 Å². The molecule has 0 spiro atoms. The number of pyridine rings is 1. The number of alkyl halides is 3. The summed E-state index contributed by atoms with van der Waals surface area (Å²) in [5, 5.41) is 11.1. The molecule has 1 aromatic carbocycles. The first kappa shape index (κ1) is 19.2. The van der Waals surface area contributed by atoms with Gasteiger partial charge in [0.2, 0.25) is 0 Å². The molecule has 0 amide bonds. The molecular formula is C20H18F3NO2S. The smallest absolute Gasteiger partial charge is 0.417 e. The molecule has 0 fully saturated rings. The van der Waals surface area contributed by atoms with Crippen LogP contribution in [0, 0.1) is 13.8 Å². The molecule has 3 aromatic rings. The number of nitrogens with zero attached hydrogens (tertiary/aromatic N) is 1. The lowest BCUT2D eigenvalue weighted by Crippen LogP contribution is -2.07. The van der Waals surface area contributed by atoms with Crippen LogP contribution in [0.4, 0.5) is 13.2 Å². The molecule has 3 nitrogen and oxygen atoms in total. The monoisotopic (exact) mass is 393 g/mol. The third kappa shape index (κ3) is 4.24. The molecule has 0 aliphatic rings. The van der Waals surface area contributed by atoms with Crippen molar-refractivity contribution in [2.45, 2.75) is 33.1 Å². The Morgan fingerprint density at radius 3 is 2.59 bits per heavy atom. The fraction of sp³-hybridized carbons (Fsp3) is 0.250. The van der Waals surface area contributed by atoms with E-state index in [9.17, 15) is 18.3 Å². The lowest BCUT2D eigenvalue weighted by Gasteiger charge is -2.14. The standard InChI is InChI=1S/C20H18F3NO2S/c1-11-4-5-14(13(3)24-11)9-26-16-7-17(20(21,22)23)19-15(6-12(2)25)10-27-18(19)8-16/h4-5,7-8,10,25H,2,6,9H2,1,3H3. The lowest BCUT2D eigenvalue weighted by molar-refractivity contribution is -0.136. The van der Waals surface area contributed by atoms with E-state index in [0.29, 0.717) is 10.3 Å². The van der Waals surface area contributed by atoms with Crippen molar-refractivity contribution in [1.29, 1.82) is 0 Å². The number of halogens is 3. The minimum absolute atomic E-state index is 0.0164. The van der Waals surface area contributed by atoms with Crippen molar-refractivity contribution in [1.82, 2.24) is 4.98 Å². The van der Waals surface area contributed by atoms with Crippen molar-refractivity contribution in [2.24, 2.45) is 0 Å². The van der Waals surface area contributed by atoms with Crippen LogP contribution in [0.15, 0.2) is 42.0 Å². The number of benzene rings is 1. The molecule has 0 unspecified atom stereocenters. The molecule has 0 saturated heterocycles. The first-order valence-electron chi connectivity index (χ1n) is 8.19. The van der Waals surface area contributed by atoms with Crippen LogP contribution in [0.1, 0.15) is 28.1 Å². The van der Waals surface area contributed by atoms with Crippen molar-refractivity contribution < 1.29 is 23.0 Å². The van der Waals surface area contributed by atoms with E-state index in [-0.39, 0.29) is 29.9 Å². The molecule has 0 bridgehead atoms. The van der Waals surface area contributed by atoms with E-state index >= 15 is 0 Å². The minimum Gasteiger partial charge on any atom is -0.513 e. The van der Waals surface area contributed by atoms with Gasteiger partial charge in [-0.3, -0.25) is 4.98 Å². The van der Waals surface area contributed by atoms with E-state index in [0.717, 1.165) is 23.0 Å². The number of aliphatic hydroxyl groups excluding tert-OH is 1. The average Bonchev–Trinajstić information content (AvgIpc) is 2.94. The minimum atomic E-state index is -4.54. The van der Waals surface area contributed by atoms with Gasteiger partial charge in [0.05, 0.1) is 11.3 Å². The second kappa shape index (κ2) is 7.23. The second-order valence-electron chi connectivity index (χ2n) is 6.33. The van der Waals surface area contributed by atoms with E-state index in [1.165, 1.54) is 11.3 Å². The Labute approximate surface area is 158 Å². The van der Waals surface area contributed by atoms with Gasteiger partial charge in [-0.15, -0.1) is 11.3 Å². The highest BCUT2D eigenvalue weighted by Crippen LogP contribution is 2.42. The molecule has 2 heterocycles. The Morgan fingerprint density at radius 1 is 1.22 bits per heavy atom. The van der Waals surface area contributed by atoms with Crippen LogP contribution in [0.3, 0.4) is 0 Å². The molecule has 0 atom stereocenters. The highest BCUT2D eigenvalue weighted by atomic mass is 32.1. The summed E-state index contributed by atoms with van der Waals surface area (Å²) in [4.78, 5) is 4.33. The van der Waals surface area contributed by atoms with Crippen LogP contribution in [0.2, 0.25) is 0 Å². The van der Waals surface area contributed by atoms with Crippen molar-refractivity contribution in [3.8, 4) is 5.75 Å². The average molecular weight is 393 g/mol. The van der Waals surface area contributed by atoms with E-state index in [2.05, 4.69) is 11.6 Å². The Kier molecular flexibility index (Phi) is 5.15. The molecule has 0 aliphatic carbocycles. The first-order valence-corrected chi connectivity index (χ1v) is 9.07. The Hall–Kier alpha value is -2.54. The van der Waals surface area contributed by atoms with Gasteiger partial charge in [0, 0.05) is 33.5 Å². The number of hydrogen-bond acceptors (Lipinski definition) is 4. The summed E-state index contributed by atoms with van der Waals surface area (Å²) < 4.78 is 47.0.